The predicted molar refractivity (Wildman–Crippen MR) is 64.2 cm³/mol. The lowest BCUT2D eigenvalue weighted by Gasteiger charge is -2.19. The summed E-state index contributed by atoms with van der Waals surface area (Å²) in [4.78, 5) is 14.4. The number of nitrogens with two attached hydrogens (primary N) is 1. The summed E-state index contributed by atoms with van der Waals surface area (Å²) in [6.45, 7) is 0.903. The average Bonchev–Trinajstić information content (AvgIpc) is 2.37. The zero-order valence-electron chi connectivity index (χ0n) is 11.7. The fourth-order valence-corrected chi connectivity index (χ4v) is 1.72. The molecule has 0 fully saturated rings. The molecule has 0 aliphatic rings. The van der Waals surface area contributed by atoms with Crippen LogP contribution in [0.4, 0.5) is 26.3 Å². The molecule has 23 heavy (non-hydrogen) atoms. The van der Waals surface area contributed by atoms with Gasteiger partial charge in [0.2, 0.25) is 0 Å². The fraction of sp³-hybridized carbons (Fsp3) is 0.500. The van der Waals surface area contributed by atoms with Crippen LogP contribution in [0.1, 0.15) is 23.7 Å². The van der Waals surface area contributed by atoms with Crippen molar-refractivity contribution in [1.82, 2.24) is 4.98 Å². The Bertz CT molecular complexity index is 571. The van der Waals surface area contributed by atoms with Gasteiger partial charge in [-0.1, -0.05) is 0 Å². The largest absolute Gasteiger partial charge is 0.573 e. The second-order valence-electron chi connectivity index (χ2n) is 4.17. The van der Waals surface area contributed by atoms with E-state index in [4.69, 9.17) is 5.73 Å². The summed E-state index contributed by atoms with van der Waals surface area (Å²) in [6.07, 6.45) is -10.8. The first kappa shape index (κ1) is 19.0. The minimum Gasteiger partial charge on any atom is -0.466 e. The summed E-state index contributed by atoms with van der Waals surface area (Å²) >= 11 is 0. The Labute approximate surface area is 126 Å². The molecule has 1 rings (SSSR count). The van der Waals surface area contributed by atoms with Crippen molar-refractivity contribution in [3.05, 3.63) is 23.0 Å². The van der Waals surface area contributed by atoms with E-state index in [0.717, 1.165) is 0 Å². The highest BCUT2D eigenvalue weighted by Crippen LogP contribution is 2.40. The topological polar surface area (TPSA) is 74.4 Å². The van der Waals surface area contributed by atoms with Crippen molar-refractivity contribution in [1.29, 1.82) is 0 Å². The molecule has 1 aromatic heterocycles. The van der Waals surface area contributed by atoms with Crippen molar-refractivity contribution in [2.75, 3.05) is 6.61 Å². The number of esters is 1. The molecule has 0 aliphatic heterocycles. The number of alkyl halides is 6. The first-order valence-corrected chi connectivity index (χ1v) is 6.19. The lowest BCUT2D eigenvalue weighted by Crippen LogP contribution is -2.24. The van der Waals surface area contributed by atoms with Gasteiger partial charge in [0, 0.05) is 18.3 Å². The molecule has 0 saturated carbocycles. The third kappa shape index (κ3) is 5.27. The van der Waals surface area contributed by atoms with Gasteiger partial charge in [-0.2, -0.15) is 13.2 Å². The fourth-order valence-electron chi connectivity index (χ4n) is 1.72. The van der Waals surface area contributed by atoms with Crippen LogP contribution in [0.15, 0.2) is 6.20 Å². The molecular weight excluding hydrogens is 334 g/mol. The molecule has 1 heterocycles. The Hall–Kier alpha value is -2.04. The average molecular weight is 346 g/mol. The van der Waals surface area contributed by atoms with Gasteiger partial charge in [-0.3, -0.25) is 4.79 Å². The van der Waals surface area contributed by atoms with Gasteiger partial charge >= 0.3 is 18.5 Å². The zero-order valence-corrected chi connectivity index (χ0v) is 11.7. The Morgan fingerprint density at radius 1 is 1.26 bits per heavy atom. The lowest BCUT2D eigenvalue weighted by molar-refractivity contribution is -0.276. The molecule has 0 bridgehead atoms. The summed E-state index contributed by atoms with van der Waals surface area (Å²) in [6, 6.07) is 0. The maximum Gasteiger partial charge on any atom is 0.573 e. The van der Waals surface area contributed by atoms with E-state index >= 15 is 0 Å². The van der Waals surface area contributed by atoms with E-state index in [9.17, 15) is 31.1 Å². The van der Waals surface area contributed by atoms with Gasteiger partial charge in [0.25, 0.3) is 0 Å². The summed E-state index contributed by atoms with van der Waals surface area (Å²) in [7, 11) is 0. The molecule has 130 valence electrons. The Morgan fingerprint density at radius 2 is 1.87 bits per heavy atom. The van der Waals surface area contributed by atoms with E-state index in [-0.39, 0.29) is 12.2 Å². The van der Waals surface area contributed by atoms with Crippen LogP contribution in [-0.4, -0.2) is 23.9 Å². The monoisotopic (exact) mass is 346 g/mol. The molecule has 0 amide bonds. The number of rotatable bonds is 5. The highest BCUT2D eigenvalue weighted by Gasteiger charge is 2.43. The number of hydrogen-bond acceptors (Lipinski definition) is 5. The Balaban J connectivity index is 3.50. The summed E-state index contributed by atoms with van der Waals surface area (Å²) < 4.78 is 83.9. The molecule has 0 atom stereocenters. The summed E-state index contributed by atoms with van der Waals surface area (Å²) in [5, 5.41) is 0. The normalized spacial score (nSPS) is 12.2. The number of halogens is 6. The maximum absolute atomic E-state index is 12.9. The molecule has 0 aliphatic carbocycles. The Morgan fingerprint density at radius 3 is 2.30 bits per heavy atom. The molecule has 2 N–H and O–H groups in total. The second-order valence-corrected chi connectivity index (χ2v) is 4.17. The number of aromatic nitrogens is 1. The highest BCUT2D eigenvalue weighted by molar-refractivity contribution is 5.74. The van der Waals surface area contributed by atoms with E-state index in [0.29, 0.717) is 6.20 Å². The molecule has 0 spiro atoms. The molecule has 1 aromatic rings. The van der Waals surface area contributed by atoms with E-state index in [1.165, 1.54) is 6.92 Å². The number of pyridine rings is 1. The maximum atomic E-state index is 12.9. The van der Waals surface area contributed by atoms with Crippen LogP contribution < -0.4 is 10.5 Å². The van der Waals surface area contributed by atoms with Crippen molar-refractivity contribution < 1.29 is 40.6 Å². The van der Waals surface area contributed by atoms with Crippen LogP contribution in [0.5, 0.6) is 5.75 Å². The third-order valence-electron chi connectivity index (χ3n) is 2.56. The van der Waals surface area contributed by atoms with Gasteiger partial charge in [0.15, 0.2) is 11.4 Å². The van der Waals surface area contributed by atoms with Crippen LogP contribution in [-0.2, 0) is 28.7 Å². The van der Waals surface area contributed by atoms with Crippen LogP contribution >= 0.6 is 0 Å². The van der Waals surface area contributed by atoms with Gasteiger partial charge in [-0.25, -0.2) is 4.98 Å². The van der Waals surface area contributed by atoms with E-state index in [1.54, 1.807) is 0 Å². The van der Waals surface area contributed by atoms with Gasteiger partial charge in [-0.05, 0) is 12.5 Å². The molecule has 0 unspecified atom stereocenters. The van der Waals surface area contributed by atoms with Gasteiger partial charge in [0.05, 0.1) is 13.0 Å². The van der Waals surface area contributed by atoms with Gasteiger partial charge in [-0.15, -0.1) is 13.2 Å². The summed E-state index contributed by atoms with van der Waals surface area (Å²) in [5.74, 6) is -2.62. The smallest absolute Gasteiger partial charge is 0.466 e. The first-order valence-electron chi connectivity index (χ1n) is 6.19. The van der Waals surface area contributed by atoms with Crippen LogP contribution in [0.2, 0.25) is 0 Å². The number of carbonyl (C=O) groups is 1. The second kappa shape index (κ2) is 7.02. The third-order valence-corrected chi connectivity index (χ3v) is 2.56. The summed E-state index contributed by atoms with van der Waals surface area (Å²) in [5.41, 5.74) is 2.53. The van der Waals surface area contributed by atoms with Gasteiger partial charge in [0.1, 0.15) is 0 Å². The minimum absolute atomic E-state index is 0.0938. The number of carbonyl (C=O) groups excluding carboxylic acids is 1. The van der Waals surface area contributed by atoms with Crippen molar-refractivity contribution in [2.24, 2.45) is 5.73 Å². The van der Waals surface area contributed by atoms with E-state index in [1.807, 2.05) is 0 Å². The zero-order chi connectivity index (χ0) is 17.8. The predicted octanol–water partition coefficient (Wildman–Crippen LogP) is 2.56. The SMILES string of the molecule is CCOC(=O)Cc1c(CN)cnc(C(F)(F)F)c1OC(F)(F)F. The van der Waals surface area contributed by atoms with Crippen LogP contribution in [0.25, 0.3) is 0 Å². The highest BCUT2D eigenvalue weighted by atomic mass is 19.4. The number of hydrogen-bond donors (Lipinski definition) is 1. The standard InChI is InChI=1S/C12H12F6N2O3/c1-2-22-8(21)3-7-6(4-19)5-20-10(11(13,14)15)9(7)23-12(16,17)18/h5H,2-4,19H2,1H3. The quantitative estimate of drug-likeness (QED) is 0.655. The lowest BCUT2D eigenvalue weighted by atomic mass is 10.0. The molecule has 0 radical (unpaired) electrons. The van der Waals surface area contributed by atoms with Crippen molar-refractivity contribution in [2.45, 2.75) is 32.4 Å². The molecule has 11 heteroatoms. The number of ether oxygens (including phenoxy) is 2. The molecule has 0 saturated heterocycles. The van der Waals surface area contributed by atoms with E-state index in [2.05, 4.69) is 14.5 Å². The first-order chi connectivity index (χ1) is 10.5. The minimum atomic E-state index is -5.40. The van der Waals surface area contributed by atoms with Crippen molar-refractivity contribution >= 4 is 5.97 Å². The molecule has 0 aromatic carbocycles. The van der Waals surface area contributed by atoms with Crippen molar-refractivity contribution in [3.63, 3.8) is 0 Å². The molecular formula is C12H12F6N2O3. The van der Waals surface area contributed by atoms with Crippen LogP contribution in [0.3, 0.4) is 0 Å². The van der Waals surface area contributed by atoms with Crippen LogP contribution in [0, 0.1) is 0 Å². The van der Waals surface area contributed by atoms with Crippen molar-refractivity contribution in [3.8, 4) is 5.75 Å². The van der Waals surface area contributed by atoms with E-state index < -0.39 is 48.5 Å². The molecule has 5 nitrogen and oxygen atoms in total. The Kier molecular flexibility index (Phi) is 5.81. The van der Waals surface area contributed by atoms with Gasteiger partial charge < -0.3 is 15.2 Å². The number of nitrogens with zero attached hydrogens (tertiary/aromatic N) is 1.